The fourth-order valence-corrected chi connectivity index (χ4v) is 4.47. The summed E-state index contributed by atoms with van der Waals surface area (Å²) < 4.78 is 3.26. The smallest absolute Gasteiger partial charge is 0.235 e. The van der Waals surface area contributed by atoms with Crippen LogP contribution in [0.25, 0.3) is 11.4 Å². The van der Waals surface area contributed by atoms with Gasteiger partial charge in [0.1, 0.15) is 11.9 Å². The Morgan fingerprint density at radius 2 is 1.85 bits per heavy atom. The van der Waals surface area contributed by atoms with E-state index in [0.717, 1.165) is 28.6 Å². The van der Waals surface area contributed by atoms with E-state index in [1.54, 1.807) is 12.1 Å². The molecule has 34 heavy (non-hydrogen) atoms. The van der Waals surface area contributed by atoms with Crippen LogP contribution in [0, 0.1) is 25.2 Å². The van der Waals surface area contributed by atoms with Crippen LogP contribution in [-0.4, -0.2) is 31.1 Å². The number of anilines is 1. The van der Waals surface area contributed by atoms with Gasteiger partial charge in [0, 0.05) is 17.8 Å². The average molecular weight is 492 g/mol. The van der Waals surface area contributed by atoms with Gasteiger partial charge in [-0.1, -0.05) is 65.8 Å². The number of thioether (sulfide) groups is 1. The Bertz CT molecular complexity index is 1390. The number of nitrogens with zero attached hydrogens (tertiary/aromatic N) is 5. The predicted octanol–water partition coefficient (Wildman–Crippen LogP) is 4.38. The highest BCUT2D eigenvalue weighted by atomic mass is 35.5. The number of nitrogens with two attached hydrogens (primary N) is 1. The summed E-state index contributed by atoms with van der Waals surface area (Å²) in [4.78, 5) is 12.8. The fraction of sp³-hybridized carbons (Fsp3) is 0.167. The van der Waals surface area contributed by atoms with Crippen LogP contribution in [0.3, 0.4) is 0 Å². The van der Waals surface area contributed by atoms with E-state index in [-0.39, 0.29) is 11.7 Å². The van der Waals surface area contributed by atoms with E-state index < -0.39 is 0 Å². The third-order valence-corrected chi connectivity index (χ3v) is 6.77. The number of carbonyl (C=O) groups is 1. The molecule has 0 atom stereocenters. The standard InChI is InChI=1S/C24H22ClN7OS/c1-15-16(2)31(13-17-8-4-3-5-9-17)22(19(15)12-26)28-21(33)14-34-24-30-29-23(32(24)27)18-10-6-7-11-20(18)25/h3-11H,13-14,27H2,1-2H3,(H,28,33). The van der Waals surface area contributed by atoms with Crippen molar-refractivity contribution in [3.63, 3.8) is 0 Å². The zero-order valence-electron chi connectivity index (χ0n) is 18.6. The number of halogens is 1. The first kappa shape index (κ1) is 23.4. The van der Waals surface area contributed by atoms with Crippen molar-refractivity contribution in [1.29, 1.82) is 5.26 Å². The quantitative estimate of drug-likeness (QED) is 0.293. The van der Waals surface area contributed by atoms with E-state index >= 15 is 0 Å². The van der Waals surface area contributed by atoms with Crippen molar-refractivity contribution in [2.24, 2.45) is 0 Å². The van der Waals surface area contributed by atoms with Crippen molar-refractivity contribution in [1.82, 2.24) is 19.4 Å². The van der Waals surface area contributed by atoms with Crippen molar-refractivity contribution >= 4 is 35.1 Å². The maximum Gasteiger partial charge on any atom is 0.235 e. The maximum atomic E-state index is 12.8. The van der Waals surface area contributed by atoms with Crippen molar-refractivity contribution < 1.29 is 4.79 Å². The van der Waals surface area contributed by atoms with Gasteiger partial charge in [-0.15, -0.1) is 10.2 Å². The van der Waals surface area contributed by atoms with Gasteiger partial charge >= 0.3 is 0 Å². The van der Waals surface area contributed by atoms with Crippen molar-refractivity contribution in [2.45, 2.75) is 25.5 Å². The highest BCUT2D eigenvalue weighted by Gasteiger charge is 2.21. The molecule has 0 aliphatic heterocycles. The van der Waals surface area contributed by atoms with E-state index in [1.165, 1.54) is 4.68 Å². The molecule has 0 aliphatic rings. The van der Waals surface area contributed by atoms with Gasteiger partial charge in [0.05, 0.1) is 16.3 Å². The molecule has 2 aromatic carbocycles. The molecule has 4 aromatic rings. The molecule has 0 aliphatic carbocycles. The normalized spacial score (nSPS) is 10.8. The van der Waals surface area contributed by atoms with Gasteiger partial charge in [0.15, 0.2) is 5.82 Å². The monoisotopic (exact) mass is 491 g/mol. The van der Waals surface area contributed by atoms with Crippen LogP contribution in [0.4, 0.5) is 5.82 Å². The highest BCUT2D eigenvalue weighted by Crippen LogP contribution is 2.29. The van der Waals surface area contributed by atoms with E-state index in [1.807, 2.05) is 60.9 Å². The van der Waals surface area contributed by atoms with Crippen molar-refractivity contribution in [2.75, 3.05) is 16.9 Å². The molecule has 8 nitrogen and oxygen atoms in total. The summed E-state index contributed by atoms with van der Waals surface area (Å²) in [6.07, 6.45) is 0. The molecule has 0 unspecified atom stereocenters. The van der Waals surface area contributed by atoms with Gasteiger partial charge in [-0.05, 0) is 37.1 Å². The summed E-state index contributed by atoms with van der Waals surface area (Å²) in [6.45, 7) is 4.36. The Kier molecular flexibility index (Phi) is 6.91. The molecule has 0 spiro atoms. The zero-order chi connectivity index (χ0) is 24.2. The topological polar surface area (TPSA) is 115 Å². The molecule has 2 heterocycles. The Labute approximate surface area is 206 Å². The van der Waals surface area contributed by atoms with Gasteiger partial charge < -0.3 is 15.7 Å². The lowest BCUT2D eigenvalue weighted by molar-refractivity contribution is -0.113. The number of hydrogen-bond acceptors (Lipinski definition) is 6. The van der Waals surface area contributed by atoms with Crippen molar-refractivity contribution in [3.05, 3.63) is 82.0 Å². The van der Waals surface area contributed by atoms with Gasteiger partial charge in [-0.2, -0.15) is 5.26 Å². The Hall–Kier alpha value is -3.74. The van der Waals surface area contributed by atoms with E-state index in [2.05, 4.69) is 21.6 Å². The lowest BCUT2D eigenvalue weighted by atomic mass is 10.2. The SMILES string of the molecule is Cc1c(C#N)c(NC(=O)CSc2nnc(-c3ccccc3Cl)n2N)n(Cc2ccccc2)c1C. The summed E-state index contributed by atoms with van der Waals surface area (Å²) in [5, 5.41) is 21.7. The van der Waals surface area contributed by atoms with Crippen LogP contribution in [0.5, 0.6) is 0 Å². The van der Waals surface area contributed by atoms with E-state index in [4.69, 9.17) is 17.4 Å². The minimum absolute atomic E-state index is 0.0390. The third-order valence-electron chi connectivity index (χ3n) is 5.49. The minimum Gasteiger partial charge on any atom is -0.335 e. The number of hydrogen-bond donors (Lipinski definition) is 2. The first-order valence-electron chi connectivity index (χ1n) is 10.4. The molecule has 4 rings (SSSR count). The van der Waals surface area contributed by atoms with E-state index in [9.17, 15) is 10.1 Å². The molecule has 3 N–H and O–H groups in total. The Morgan fingerprint density at radius 1 is 1.15 bits per heavy atom. The Balaban J connectivity index is 1.51. The first-order chi connectivity index (χ1) is 16.4. The summed E-state index contributed by atoms with van der Waals surface area (Å²) in [5.41, 5.74) is 3.94. The largest absolute Gasteiger partial charge is 0.335 e. The number of carbonyl (C=O) groups excluding carboxylic acids is 1. The van der Waals surface area contributed by atoms with Gasteiger partial charge in [-0.25, -0.2) is 4.68 Å². The lowest BCUT2D eigenvalue weighted by Gasteiger charge is -2.13. The van der Waals surface area contributed by atoms with Crippen LogP contribution >= 0.6 is 23.4 Å². The number of nitrogens with one attached hydrogen (secondary N) is 1. The third kappa shape index (κ3) is 4.64. The maximum absolute atomic E-state index is 12.8. The molecule has 2 aromatic heterocycles. The number of benzene rings is 2. The molecule has 0 radical (unpaired) electrons. The van der Waals surface area contributed by atoms with Crippen LogP contribution in [0.1, 0.15) is 22.4 Å². The summed E-state index contributed by atoms with van der Waals surface area (Å²) in [6, 6.07) is 19.3. The molecule has 172 valence electrons. The molecular formula is C24H22ClN7OS. The minimum atomic E-state index is -0.282. The molecule has 10 heteroatoms. The molecule has 0 saturated carbocycles. The number of nitrogen functional groups attached to an aromatic ring is 1. The molecule has 0 bridgehead atoms. The second kappa shape index (κ2) is 10.0. The second-order valence-electron chi connectivity index (χ2n) is 7.61. The lowest BCUT2D eigenvalue weighted by Crippen LogP contribution is -2.19. The summed E-state index contributed by atoms with van der Waals surface area (Å²) in [7, 11) is 0. The predicted molar refractivity (Wildman–Crippen MR) is 134 cm³/mol. The molecular weight excluding hydrogens is 470 g/mol. The van der Waals surface area contributed by atoms with Crippen LogP contribution < -0.4 is 11.2 Å². The number of nitriles is 1. The van der Waals surface area contributed by atoms with Crippen LogP contribution in [0.15, 0.2) is 59.8 Å². The number of amides is 1. The second-order valence-corrected chi connectivity index (χ2v) is 8.96. The average Bonchev–Trinajstić information content (AvgIpc) is 3.30. The Morgan fingerprint density at radius 3 is 2.56 bits per heavy atom. The fourth-order valence-electron chi connectivity index (χ4n) is 3.59. The first-order valence-corrected chi connectivity index (χ1v) is 11.8. The number of rotatable bonds is 7. The molecule has 0 fully saturated rings. The summed E-state index contributed by atoms with van der Waals surface area (Å²) in [5.74, 6) is 6.80. The van der Waals surface area contributed by atoms with Gasteiger partial charge in [-0.3, -0.25) is 4.79 Å². The van der Waals surface area contributed by atoms with Gasteiger partial charge in [0.25, 0.3) is 0 Å². The van der Waals surface area contributed by atoms with Crippen LogP contribution in [0.2, 0.25) is 5.02 Å². The van der Waals surface area contributed by atoms with Crippen LogP contribution in [-0.2, 0) is 11.3 Å². The van der Waals surface area contributed by atoms with E-state index in [0.29, 0.717) is 39.5 Å². The van der Waals surface area contributed by atoms with Gasteiger partial charge in [0.2, 0.25) is 11.1 Å². The zero-order valence-corrected chi connectivity index (χ0v) is 20.2. The number of aromatic nitrogens is 4. The molecule has 1 amide bonds. The summed E-state index contributed by atoms with van der Waals surface area (Å²) >= 11 is 7.38. The molecule has 0 saturated heterocycles. The highest BCUT2D eigenvalue weighted by molar-refractivity contribution is 7.99. The van der Waals surface area contributed by atoms with Crippen molar-refractivity contribution in [3.8, 4) is 17.5 Å².